The monoisotopic (exact) mass is 275 g/mol. The van der Waals surface area contributed by atoms with Gasteiger partial charge in [-0.2, -0.15) is 0 Å². The highest BCUT2D eigenvalue weighted by Gasteiger charge is 2.14. The second kappa shape index (κ2) is 4.50. The molecule has 90 valence electrons. The van der Waals surface area contributed by atoms with Crippen molar-refractivity contribution in [3.63, 3.8) is 0 Å². The Bertz CT molecular complexity index is 597. The van der Waals surface area contributed by atoms with Crippen LogP contribution in [0.2, 0.25) is 5.02 Å². The van der Waals surface area contributed by atoms with Gasteiger partial charge in [-0.15, -0.1) is 11.6 Å². The van der Waals surface area contributed by atoms with E-state index in [-0.39, 0.29) is 17.4 Å². The van der Waals surface area contributed by atoms with Crippen LogP contribution < -0.4 is 5.73 Å². The van der Waals surface area contributed by atoms with Crippen LogP contribution in [0.25, 0.3) is 11.0 Å². The van der Waals surface area contributed by atoms with Gasteiger partial charge < -0.3 is 10.3 Å². The first-order valence-corrected chi connectivity index (χ1v) is 5.62. The topological polar surface area (TPSA) is 60.9 Å². The largest absolute Gasteiger partial charge is 0.368 e. The molecule has 0 aliphatic heterocycles. The fourth-order valence-corrected chi connectivity index (χ4v) is 1.97. The number of benzene rings is 1. The Morgan fingerprint density at radius 1 is 1.53 bits per heavy atom. The van der Waals surface area contributed by atoms with Gasteiger partial charge in [0.05, 0.1) is 21.9 Å². The number of alkyl halides is 1. The molecule has 0 atom stereocenters. The molecule has 1 aromatic heterocycles. The molecule has 0 unspecified atom stereocenters. The number of primary amides is 1. The van der Waals surface area contributed by atoms with Crippen molar-refractivity contribution < 1.29 is 9.18 Å². The number of amides is 1. The molecular formula is C10H8Cl2FN3O. The molecule has 0 radical (unpaired) electrons. The molecule has 1 heterocycles. The molecule has 7 heteroatoms. The van der Waals surface area contributed by atoms with Crippen molar-refractivity contribution in [1.29, 1.82) is 0 Å². The van der Waals surface area contributed by atoms with Gasteiger partial charge >= 0.3 is 0 Å². The number of carbonyl (C=O) groups is 1. The molecule has 2 N–H and O–H groups in total. The zero-order valence-corrected chi connectivity index (χ0v) is 10.1. The predicted octanol–water partition coefficient (Wildman–Crippen LogP) is 2.05. The van der Waals surface area contributed by atoms with Gasteiger partial charge in [-0.25, -0.2) is 9.37 Å². The van der Waals surface area contributed by atoms with E-state index in [4.69, 9.17) is 28.9 Å². The molecule has 0 aliphatic rings. The van der Waals surface area contributed by atoms with E-state index < -0.39 is 11.7 Å². The predicted molar refractivity (Wildman–Crippen MR) is 63.5 cm³/mol. The maximum Gasteiger partial charge on any atom is 0.237 e. The van der Waals surface area contributed by atoms with Gasteiger partial charge in [-0.05, 0) is 6.07 Å². The summed E-state index contributed by atoms with van der Waals surface area (Å²) in [5, 5.41) is -0.0256. The molecule has 1 amide bonds. The molecule has 0 bridgehead atoms. The summed E-state index contributed by atoms with van der Waals surface area (Å²) in [4.78, 5) is 15.1. The number of aromatic nitrogens is 2. The third kappa shape index (κ3) is 2.21. The highest BCUT2D eigenvalue weighted by molar-refractivity contribution is 6.31. The van der Waals surface area contributed by atoms with Crippen LogP contribution in [0, 0.1) is 5.82 Å². The second-order valence-electron chi connectivity index (χ2n) is 3.47. The number of nitrogens with two attached hydrogens (primary N) is 1. The van der Waals surface area contributed by atoms with Crippen LogP contribution in [-0.4, -0.2) is 15.5 Å². The Hall–Kier alpha value is -1.33. The lowest BCUT2D eigenvalue weighted by Crippen LogP contribution is -2.19. The summed E-state index contributed by atoms with van der Waals surface area (Å²) in [6.45, 7) is -0.0976. The van der Waals surface area contributed by atoms with Gasteiger partial charge in [0.2, 0.25) is 5.91 Å². The van der Waals surface area contributed by atoms with Crippen molar-refractivity contribution in [3.8, 4) is 0 Å². The summed E-state index contributed by atoms with van der Waals surface area (Å²) >= 11 is 11.4. The number of nitrogens with zero attached hydrogens (tertiary/aromatic N) is 2. The Morgan fingerprint density at radius 2 is 2.24 bits per heavy atom. The first kappa shape index (κ1) is 12.1. The summed E-state index contributed by atoms with van der Waals surface area (Å²) in [6.07, 6.45) is 0. The first-order valence-electron chi connectivity index (χ1n) is 4.71. The number of carbonyl (C=O) groups excluding carboxylic acids is 1. The Kier molecular flexibility index (Phi) is 3.22. The third-order valence-electron chi connectivity index (χ3n) is 2.30. The van der Waals surface area contributed by atoms with Crippen LogP contribution in [0.1, 0.15) is 5.82 Å². The number of fused-ring (bicyclic) bond motifs is 1. The van der Waals surface area contributed by atoms with E-state index in [2.05, 4.69) is 4.98 Å². The van der Waals surface area contributed by atoms with Crippen molar-refractivity contribution in [2.24, 2.45) is 5.73 Å². The molecule has 1 aromatic carbocycles. The van der Waals surface area contributed by atoms with Gasteiger partial charge in [-0.1, -0.05) is 11.6 Å². The fourth-order valence-electron chi connectivity index (χ4n) is 1.60. The molecule has 2 aromatic rings. The lowest BCUT2D eigenvalue weighted by atomic mass is 10.3. The van der Waals surface area contributed by atoms with Gasteiger partial charge in [-0.3, -0.25) is 4.79 Å². The van der Waals surface area contributed by atoms with Gasteiger partial charge in [0.1, 0.15) is 18.2 Å². The minimum absolute atomic E-state index is 0.0256. The standard InChI is InChI=1S/C10H8Cl2FN3O/c11-3-10-15-7-1-5(12)6(13)2-8(7)16(10)4-9(14)17/h1-2H,3-4H2,(H2,14,17). The number of halogens is 3. The van der Waals surface area contributed by atoms with Gasteiger partial charge in [0.25, 0.3) is 0 Å². The molecular weight excluding hydrogens is 268 g/mol. The van der Waals surface area contributed by atoms with Crippen LogP contribution in [0.3, 0.4) is 0 Å². The number of rotatable bonds is 3. The van der Waals surface area contributed by atoms with E-state index in [1.807, 2.05) is 0 Å². The summed E-state index contributed by atoms with van der Waals surface area (Å²) in [7, 11) is 0. The number of hydrogen-bond donors (Lipinski definition) is 1. The average Bonchev–Trinajstić information content (AvgIpc) is 2.57. The van der Waals surface area contributed by atoms with E-state index in [1.165, 1.54) is 16.7 Å². The van der Waals surface area contributed by atoms with Crippen molar-refractivity contribution in [1.82, 2.24) is 9.55 Å². The Balaban J connectivity index is 2.69. The maximum absolute atomic E-state index is 13.4. The van der Waals surface area contributed by atoms with Crippen LogP contribution in [0.15, 0.2) is 12.1 Å². The smallest absolute Gasteiger partial charge is 0.237 e. The van der Waals surface area contributed by atoms with E-state index in [1.54, 1.807) is 0 Å². The highest BCUT2D eigenvalue weighted by Crippen LogP contribution is 2.24. The molecule has 0 fully saturated rings. The zero-order chi connectivity index (χ0) is 12.6. The third-order valence-corrected chi connectivity index (χ3v) is 2.83. The summed E-state index contributed by atoms with van der Waals surface area (Å²) in [6, 6.07) is 2.60. The summed E-state index contributed by atoms with van der Waals surface area (Å²) in [5.74, 6) is -0.583. The minimum Gasteiger partial charge on any atom is -0.368 e. The average molecular weight is 276 g/mol. The van der Waals surface area contributed by atoms with E-state index in [0.717, 1.165) is 0 Å². The van der Waals surface area contributed by atoms with E-state index in [0.29, 0.717) is 16.9 Å². The van der Waals surface area contributed by atoms with E-state index in [9.17, 15) is 9.18 Å². The van der Waals surface area contributed by atoms with Crippen LogP contribution in [-0.2, 0) is 17.2 Å². The van der Waals surface area contributed by atoms with Gasteiger partial charge in [0.15, 0.2) is 0 Å². The van der Waals surface area contributed by atoms with Crippen LogP contribution >= 0.6 is 23.2 Å². The molecule has 4 nitrogen and oxygen atoms in total. The van der Waals surface area contributed by atoms with Crippen molar-refractivity contribution in [2.75, 3.05) is 0 Å². The SMILES string of the molecule is NC(=O)Cn1c(CCl)nc2cc(Cl)c(F)cc21. The van der Waals surface area contributed by atoms with Crippen molar-refractivity contribution in [3.05, 3.63) is 28.8 Å². The number of imidazole rings is 1. The quantitative estimate of drug-likeness (QED) is 0.872. The van der Waals surface area contributed by atoms with Crippen molar-refractivity contribution >= 4 is 40.1 Å². The molecule has 0 aliphatic carbocycles. The molecule has 0 spiro atoms. The molecule has 17 heavy (non-hydrogen) atoms. The maximum atomic E-state index is 13.4. The normalized spacial score (nSPS) is 11.0. The van der Waals surface area contributed by atoms with Crippen molar-refractivity contribution in [2.45, 2.75) is 12.4 Å². The fraction of sp³-hybridized carbons (Fsp3) is 0.200. The van der Waals surface area contributed by atoms with Crippen LogP contribution in [0.5, 0.6) is 0 Å². The van der Waals surface area contributed by atoms with Crippen LogP contribution in [0.4, 0.5) is 4.39 Å². The molecule has 2 rings (SSSR count). The Labute approximate surface area is 106 Å². The summed E-state index contributed by atoms with van der Waals surface area (Å²) in [5.41, 5.74) is 6.04. The lowest BCUT2D eigenvalue weighted by molar-refractivity contribution is -0.118. The number of hydrogen-bond acceptors (Lipinski definition) is 2. The first-order chi connectivity index (χ1) is 8.02. The molecule has 0 saturated heterocycles. The highest BCUT2D eigenvalue weighted by atomic mass is 35.5. The van der Waals surface area contributed by atoms with E-state index >= 15 is 0 Å². The lowest BCUT2D eigenvalue weighted by Gasteiger charge is -2.04. The molecule has 0 saturated carbocycles. The summed E-state index contributed by atoms with van der Waals surface area (Å²) < 4.78 is 14.8. The minimum atomic E-state index is -0.578. The van der Waals surface area contributed by atoms with Gasteiger partial charge in [0, 0.05) is 6.07 Å². The second-order valence-corrected chi connectivity index (χ2v) is 4.14. The zero-order valence-electron chi connectivity index (χ0n) is 8.58. The Morgan fingerprint density at radius 3 is 2.82 bits per heavy atom.